The molecule has 1 N–H and O–H groups in total. The van der Waals surface area contributed by atoms with E-state index in [1.54, 1.807) is 0 Å². The molecule has 0 radical (unpaired) electrons. The lowest BCUT2D eigenvalue weighted by Gasteiger charge is -2.05. The fourth-order valence-electron chi connectivity index (χ4n) is 2.46. The number of unbranched alkanes of at least 4 members (excludes halogenated alkanes) is 5. The number of amides is 1. The third-order valence-corrected chi connectivity index (χ3v) is 3.76. The number of hydrogen-bond acceptors (Lipinski definition) is 2. The van der Waals surface area contributed by atoms with E-state index in [0.717, 1.165) is 57.1 Å². The second-order valence-corrected chi connectivity index (χ2v) is 6.19. The molecular weight excluding hydrogens is 274 g/mol. The molecule has 3 heteroatoms. The van der Waals surface area contributed by atoms with Gasteiger partial charge in [0.25, 0.3) is 0 Å². The molecular formula is C19H35NO2. The van der Waals surface area contributed by atoms with Crippen LogP contribution in [-0.4, -0.2) is 18.2 Å². The molecule has 0 unspecified atom stereocenters. The van der Waals surface area contributed by atoms with Gasteiger partial charge in [-0.3, -0.25) is 9.59 Å². The highest BCUT2D eigenvalue weighted by Crippen LogP contribution is 2.12. The van der Waals surface area contributed by atoms with Crippen LogP contribution in [0.15, 0.2) is 12.2 Å². The summed E-state index contributed by atoms with van der Waals surface area (Å²) in [5.74, 6) is 0.482. The topological polar surface area (TPSA) is 46.2 Å². The fourth-order valence-corrected chi connectivity index (χ4v) is 2.46. The Kier molecular flexibility index (Phi) is 14.0. The van der Waals surface area contributed by atoms with Gasteiger partial charge in [0.15, 0.2) is 0 Å². The van der Waals surface area contributed by atoms with Crippen molar-refractivity contribution in [3.05, 3.63) is 12.2 Å². The van der Waals surface area contributed by atoms with E-state index >= 15 is 0 Å². The zero-order valence-corrected chi connectivity index (χ0v) is 14.7. The number of carbonyl (C=O) groups is 2. The lowest BCUT2D eigenvalue weighted by atomic mass is 10.0. The fraction of sp³-hybridized carbons (Fsp3) is 0.789. The van der Waals surface area contributed by atoms with Crippen LogP contribution in [0.1, 0.15) is 90.9 Å². The van der Waals surface area contributed by atoms with Crippen molar-refractivity contribution in [2.24, 2.45) is 0 Å². The van der Waals surface area contributed by atoms with E-state index in [-0.39, 0.29) is 5.91 Å². The molecule has 0 aliphatic rings. The SMILES string of the molecule is C=C(CCC)CC(=O)CCCCCCC(=O)NCCCCC. The summed E-state index contributed by atoms with van der Waals surface area (Å²) in [6, 6.07) is 0. The van der Waals surface area contributed by atoms with Gasteiger partial charge in [-0.2, -0.15) is 0 Å². The van der Waals surface area contributed by atoms with Gasteiger partial charge in [0.1, 0.15) is 5.78 Å². The number of allylic oxidation sites excluding steroid dienone is 1. The molecule has 0 aromatic rings. The van der Waals surface area contributed by atoms with E-state index < -0.39 is 0 Å². The van der Waals surface area contributed by atoms with Crippen molar-refractivity contribution in [2.45, 2.75) is 90.9 Å². The molecule has 0 aliphatic heterocycles. The Bertz CT molecular complexity index is 323. The Balaban J connectivity index is 3.40. The molecule has 1 amide bonds. The third-order valence-electron chi connectivity index (χ3n) is 3.76. The molecule has 128 valence electrons. The van der Waals surface area contributed by atoms with Gasteiger partial charge in [-0.1, -0.05) is 58.1 Å². The minimum atomic E-state index is 0.169. The lowest BCUT2D eigenvalue weighted by Crippen LogP contribution is -2.23. The predicted octanol–water partition coefficient (Wildman–Crippen LogP) is 4.95. The highest BCUT2D eigenvalue weighted by Gasteiger charge is 2.05. The van der Waals surface area contributed by atoms with Crippen LogP contribution in [0.4, 0.5) is 0 Å². The van der Waals surface area contributed by atoms with E-state index in [2.05, 4.69) is 25.7 Å². The van der Waals surface area contributed by atoms with Gasteiger partial charge in [-0.25, -0.2) is 0 Å². The van der Waals surface area contributed by atoms with Crippen molar-refractivity contribution in [1.29, 1.82) is 0 Å². The Morgan fingerprint density at radius 1 is 0.818 bits per heavy atom. The predicted molar refractivity (Wildman–Crippen MR) is 93.9 cm³/mol. The first kappa shape index (κ1) is 20.9. The summed E-state index contributed by atoms with van der Waals surface area (Å²) in [6.45, 7) is 9.01. The molecule has 3 nitrogen and oxygen atoms in total. The second kappa shape index (κ2) is 14.8. The van der Waals surface area contributed by atoms with Crippen LogP contribution in [0.25, 0.3) is 0 Å². The first-order valence-electron chi connectivity index (χ1n) is 9.05. The first-order valence-corrected chi connectivity index (χ1v) is 9.05. The number of nitrogens with one attached hydrogen (secondary N) is 1. The van der Waals surface area contributed by atoms with Crippen LogP contribution >= 0.6 is 0 Å². The van der Waals surface area contributed by atoms with E-state index in [9.17, 15) is 9.59 Å². The van der Waals surface area contributed by atoms with Gasteiger partial charge < -0.3 is 5.32 Å². The standard InChI is InChI=1S/C19H35NO2/c1-4-6-11-15-20-19(22)14-10-8-7-9-13-18(21)16-17(3)12-5-2/h3-16H2,1-2H3,(H,20,22). The van der Waals surface area contributed by atoms with Crippen molar-refractivity contribution in [1.82, 2.24) is 5.32 Å². The summed E-state index contributed by atoms with van der Waals surface area (Å²) in [6.07, 6.45) is 11.2. The second-order valence-electron chi connectivity index (χ2n) is 6.19. The van der Waals surface area contributed by atoms with Crippen molar-refractivity contribution in [3.63, 3.8) is 0 Å². The summed E-state index contributed by atoms with van der Waals surface area (Å²) in [7, 11) is 0. The number of carbonyl (C=O) groups excluding carboxylic acids is 2. The van der Waals surface area contributed by atoms with Crippen LogP contribution in [-0.2, 0) is 9.59 Å². The smallest absolute Gasteiger partial charge is 0.219 e. The van der Waals surface area contributed by atoms with Crippen LogP contribution in [0.3, 0.4) is 0 Å². The highest BCUT2D eigenvalue weighted by atomic mass is 16.1. The third kappa shape index (κ3) is 13.8. The van der Waals surface area contributed by atoms with Gasteiger partial charge in [0.2, 0.25) is 5.91 Å². The van der Waals surface area contributed by atoms with Crippen LogP contribution in [0, 0.1) is 0 Å². The van der Waals surface area contributed by atoms with E-state index in [0.29, 0.717) is 25.0 Å². The van der Waals surface area contributed by atoms with E-state index in [1.165, 1.54) is 12.8 Å². The maximum absolute atomic E-state index is 11.7. The molecule has 0 heterocycles. The Morgan fingerprint density at radius 2 is 1.50 bits per heavy atom. The molecule has 0 fully saturated rings. The average molecular weight is 309 g/mol. The molecule has 0 saturated heterocycles. The van der Waals surface area contributed by atoms with Crippen molar-refractivity contribution < 1.29 is 9.59 Å². The summed E-state index contributed by atoms with van der Waals surface area (Å²) >= 11 is 0. The highest BCUT2D eigenvalue weighted by molar-refractivity contribution is 5.80. The number of rotatable bonds is 15. The van der Waals surface area contributed by atoms with Gasteiger partial charge in [-0.15, -0.1) is 0 Å². The summed E-state index contributed by atoms with van der Waals surface area (Å²) in [5, 5.41) is 2.96. The molecule has 22 heavy (non-hydrogen) atoms. The maximum atomic E-state index is 11.7. The Hall–Kier alpha value is -1.12. The minimum Gasteiger partial charge on any atom is -0.356 e. The average Bonchev–Trinajstić information content (AvgIpc) is 2.47. The molecule has 0 aromatic heterocycles. The van der Waals surface area contributed by atoms with Gasteiger partial charge >= 0.3 is 0 Å². The molecule has 0 bridgehead atoms. The van der Waals surface area contributed by atoms with Crippen LogP contribution < -0.4 is 5.32 Å². The molecule has 0 rings (SSSR count). The van der Waals surface area contributed by atoms with Crippen molar-refractivity contribution in [3.8, 4) is 0 Å². The maximum Gasteiger partial charge on any atom is 0.219 e. The van der Waals surface area contributed by atoms with Crippen molar-refractivity contribution >= 4 is 11.7 Å². The van der Waals surface area contributed by atoms with Crippen LogP contribution in [0.5, 0.6) is 0 Å². The largest absolute Gasteiger partial charge is 0.356 e. The summed E-state index contributed by atoms with van der Waals surface area (Å²) < 4.78 is 0. The van der Waals surface area contributed by atoms with E-state index in [1.807, 2.05) is 0 Å². The van der Waals surface area contributed by atoms with Crippen LogP contribution in [0.2, 0.25) is 0 Å². The quantitative estimate of drug-likeness (QED) is 0.344. The zero-order chi connectivity index (χ0) is 16.6. The van der Waals surface area contributed by atoms with Crippen molar-refractivity contribution in [2.75, 3.05) is 6.54 Å². The zero-order valence-electron chi connectivity index (χ0n) is 14.7. The Morgan fingerprint density at radius 3 is 2.14 bits per heavy atom. The molecule has 0 aromatic carbocycles. The molecule has 0 atom stereocenters. The monoisotopic (exact) mass is 309 g/mol. The number of ketones is 1. The molecule has 0 aliphatic carbocycles. The van der Waals surface area contributed by atoms with E-state index in [4.69, 9.17) is 0 Å². The van der Waals surface area contributed by atoms with Gasteiger partial charge in [0, 0.05) is 25.8 Å². The van der Waals surface area contributed by atoms with Gasteiger partial charge in [-0.05, 0) is 25.7 Å². The summed E-state index contributed by atoms with van der Waals surface area (Å²) in [5.41, 5.74) is 1.06. The first-order chi connectivity index (χ1) is 10.6. The summed E-state index contributed by atoms with van der Waals surface area (Å²) in [4.78, 5) is 23.3. The minimum absolute atomic E-state index is 0.169. The Labute approximate surface area is 136 Å². The van der Waals surface area contributed by atoms with Gasteiger partial charge in [0.05, 0.1) is 0 Å². The molecule has 0 saturated carbocycles. The lowest BCUT2D eigenvalue weighted by molar-refractivity contribution is -0.121. The molecule has 0 spiro atoms. The normalized spacial score (nSPS) is 10.5. The number of Topliss-reactive ketones (excluding diaryl/α,β-unsaturated/α-hetero) is 1. The number of hydrogen-bond donors (Lipinski definition) is 1.